The molecule has 2 aromatic rings. The smallest absolute Gasteiger partial charge is 0.105 e. The molecule has 0 bridgehead atoms. The van der Waals surface area contributed by atoms with Gasteiger partial charge in [0, 0.05) is 35.0 Å². The van der Waals surface area contributed by atoms with Gasteiger partial charge in [-0.3, -0.25) is 4.90 Å². The maximum Gasteiger partial charge on any atom is 0.105 e. The van der Waals surface area contributed by atoms with Gasteiger partial charge in [-0.2, -0.15) is 0 Å². The Morgan fingerprint density at radius 3 is 2.67 bits per heavy atom. The summed E-state index contributed by atoms with van der Waals surface area (Å²) >= 11 is 1.91. The Morgan fingerprint density at radius 2 is 2.00 bits per heavy atom. The van der Waals surface area contributed by atoms with E-state index in [9.17, 15) is 0 Å². The second-order valence-electron chi connectivity index (χ2n) is 5.65. The highest BCUT2D eigenvalue weighted by Gasteiger charge is 2.10. The third-order valence-electron chi connectivity index (χ3n) is 3.64. The van der Waals surface area contributed by atoms with Crippen molar-refractivity contribution in [1.29, 1.82) is 0 Å². The molecule has 0 unspecified atom stereocenters. The van der Waals surface area contributed by atoms with Crippen LogP contribution in [0.3, 0.4) is 0 Å². The molecule has 0 atom stereocenters. The highest BCUT2D eigenvalue weighted by molar-refractivity contribution is 7.12. The number of furan rings is 1. The van der Waals surface area contributed by atoms with Crippen LogP contribution in [0.4, 0.5) is 0 Å². The van der Waals surface area contributed by atoms with Gasteiger partial charge in [0.2, 0.25) is 0 Å². The summed E-state index contributed by atoms with van der Waals surface area (Å²) in [5.41, 5.74) is 2.71. The van der Waals surface area contributed by atoms with Crippen molar-refractivity contribution in [3.8, 4) is 0 Å². The van der Waals surface area contributed by atoms with E-state index in [0.717, 1.165) is 31.9 Å². The first-order valence-electron chi connectivity index (χ1n) is 7.60. The van der Waals surface area contributed by atoms with E-state index in [1.165, 1.54) is 27.3 Å². The summed E-state index contributed by atoms with van der Waals surface area (Å²) in [5, 5.41) is 3.47. The van der Waals surface area contributed by atoms with E-state index < -0.39 is 0 Å². The molecule has 4 heteroatoms. The molecule has 0 aliphatic heterocycles. The highest BCUT2D eigenvalue weighted by Crippen LogP contribution is 2.23. The van der Waals surface area contributed by atoms with Gasteiger partial charge in [0.05, 0.1) is 6.26 Å². The summed E-state index contributed by atoms with van der Waals surface area (Å²) in [7, 11) is 2.17. The summed E-state index contributed by atoms with van der Waals surface area (Å²) in [4.78, 5) is 5.21. The monoisotopic (exact) mass is 306 g/mol. The Balaban J connectivity index is 1.91. The Kier molecular flexibility index (Phi) is 6.03. The molecular formula is C17H26N2OS. The third-order valence-corrected chi connectivity index (χ3v) is 4.74. The van der Waals surface area contributed by atoms with E-state index in [-0.39, 0.29) is 0 Å². The fraction of sp³-hybridized carbons (Fsp3) is 0.529. The van der Waals surface area contributed by atoms with Gasteiger partial charge in [-0.05, 0) is 51.6 Å². The van der Waals surface area contributed by atoms with Gasteiger partial charge in [-0.25, -0.2) is 0 Å². The summed E-state index contributed by atoms with van der Waals surface area (Å²) in [6.07, 6.45) is 2.95. The second kappa shape index (κ2) is 7.78. The van der Waals surface area contributed by atoms with Gasteiger partial charge in [-0.1, -0.05) is 6.92 Å². The van der Waals surface area contributed by atoms with Gasteiger partial charge in [-0.15, -0.1) is 11.3 Å². The van der Waals surface area contributed by atoms with Crippen LogP contribution in [0.5, 0.6) is 0 Å². The predicted octanol–water partition coefficient (Wildman–Crippen LogP) is 4.09. The van der Waals surface area contributed by atoms with Gasteiger partial charge in [0.25, 0.3) is 0 Å². The Hall–Kier alpha value is -1.10. The van der Waals surface area contributed by atoms with E-state index in [4.69, 9.17) is 4.42 Å². The van der Waals surface area contributed by atoms with E-state index in [0.29, 0.717) is 0 Å². The van der Waals surface area contributed by atoms with Crippen molar-refractivity contribution in [2.75, 3.05) is 13.6 Å². The first-order valence-corrected chi connectivity index (χ1v) is 8.42. The van der Waals surface area contributed by atoms with Crippen molar-refractivity contribution >= 4 is 11.3 Å². The minimum absolute atomic E-state index is 0.932. The zero-order chi connectivity index (χ0) is 15.2. The van der Waals surface area contributed by atoms with Crippen LogP contribution < -0.4 is 5.32 Å². The highest BCUT2D eigenvalue weighted by atomic mass is 32.1. The lowest BCUT2D eigenvalue weighted by molar-refractivity contribution is 0.316. The standard InChI is InChI=1S/C17H26N2OS/c1-5-7-18-10-17-9-16(14(3)21-17)12-19(4)11-15-6-8-20-13(15)2/h6,8-9,18H,5,7,10-12H2,1-4H3. The number of thiophene rings is 1. The molecule has 2 rings (SSSR count). The van der Waals surface area contributed by atoms with Crippen LogP contribution in [0.25, 0.3) is 0 Å². The Morgan fingerprint density at radius 1 is 1.24 bits per heavy atom. The first-order chi connectivity index (χ1) is 10.1. The van der Waals surface area contributed by atoms with Crippen LogP contribution in [-0.2, 0) is 19.6 Å². The number of nitrogens with one attached hydrogen (secondary N) is 1. The van der Waals surface area contributed by atoms with Crippen LogP contribution in [-0.4, -0.2) is 18.5 Å². The molecule has 0 aliphatic carbocycles. The van der Waals surface area contributed by atoms with Gasteiger partial charge in [0.1, 0.15) is 5.76 Å². The molecule has 0 aliphatic rings. The fourth-order valence-electron chi connectivity index (χ4n) is 2.43. The zero-order valence-electron chi connectivity index (χ0n) is 13.5. The second-order valence-corrected chi connectivity index (χ2v) is 6.99. The van der Waals surface area contributed by atoms with Crippen molar-refractivity contribution in [1.82, 2.24) is 10.2 Å². The van der Waals surface area contributed by atoms with Crippen molar-refractivity contribution in [3.63, 3.8) is 0 Å². The molecule has 21 heavy (non-hydrogen) atoms. The minimum atomic E-state index is 0.932. The van der Waals surface area contributed by atoms with Crippen LogP contribution in [0.2, 0.25) is 0 Å². The quantitative estimate of drug-likeness (QED) is 0.745. The molecule has 0 spiro atoms. The Labute approximate surface area is 132 Å². The van der Waals surface area contributed by atoms with Crippen molar-refractivity contribution in [2.45, 2.75) is 46.8 Å². The number of rotatable bonds is 8. The van der Waals surface area contributed by atoms with E-state index in [2.05, 4.69) is 43.2 Å². The maximum atomic E-state index is 5.37. The molecule has 0 aromatic carbocycles. The van der Waals surface area contributed by atoms with E-state index >= 15 is 0 Å². The first kappa shape index (κ1) is 16.3. The van der Waals surface area contributed by atoms with Crippen molar-refractivity contribution in [2.24, 2.45) is 0 Å². The summed E-state index contributed by atoms with van der Waals surface area (Å²) < 4.78 is 5.37. The van der Waals surface area contributed by atoms with Gasteiger partial charge < -0.3 is 9.73 Å². The fourth-order valence-corrected chi connectivity index (χ4v) is 3.46. The molecule has 0 saturated heterocycles. The van der Waals surface area contributed by atoms with Crippen molar-refractivity contribution < 1.29 is 4.42 Å². The van der Waals surface area contributed by atoms with E-state index in [1.807, 2.05) is 18.3 Å². The molecule has 0 fully saturated rings. The number of hydrogen-bond donors (Lipinski definition) is 1. The topological polar surface area (TPSA) is 28.4 Å². The Bertz CT molecular complexity index is 559. The maximum absolute atomic E-state index is 5.37. The predicted molar refractivity (Wildman–Crippen MR) is 89.7 cm³/mol. The molecule has 2 heterocycles. The average Bonchev–Trinajstić information content (AvgIpc) is 2.98. The SMILES string of the molecule is CCCNCc1cc(CN(C)Cc2ccoc2C)c(C)s1. The average molecular weight is 306 g/mol. The van der Waals surface area contributed by atoms with Gasteiger partial charge >= 0.3 is 0 Å². The number of hydrogen-bond acceptors (Lipinski definition) is 4. The molecule has 3 nitrogen and oxygen atoms in total. The number of nitrogens with zero attached hydrogens (tertiary/aromatic N) is 1. The van der Waals surface area contributed by atoms with Crippen LogP contribution in [0.1, 0.15) is 40.0 Å². The van der Waals surface area contributed by atoms with Crippen LogP contribution in [0, 0.1) is 13.8 Å². The lowest BCUT2D eigenvalue weighted by atomic mass is 10.2. The normalized spacial score (nSPS) is 11.5. The molecule has 116 valence electrons. The zero-order valence-corrected chi connectivity index (χ0v) is 14.3. The lowest BCUT2D eigenvalue weighted by Crippen LogP contribution is -2.17. The molecule has 0 saturated carbocycles. The number of aryl methyl sites for hydroxylation is 2. The summed E-state index contributed by atoms with van der Waals surface area (Å²) in [6.45, 7) is 10.4. The summed E-state index contributed by atoms with van der Waals surface area (Å²) in [5.74, 6) is 1.02. The van der Waals surface area contributed by atoms with Crippen LogP contribution in [0.15, 0.2) is 22.8 Å². The minimum Gasteiger partial charge on any atom is -0.469 e. The molecule has 1 N–H and O–H groups in total. The molecule has 0 radical (unpaired) electrons. The largest absolute Gasteiger partial charge is 0.469 e. The van der Waals surface area contributed by atoms with Gasteiger partial charge in [0.15, 0.2) is 0 Å². The van der Waals surface area contributed by atoms with E-state index in [1.54, 1.807) is 6.26 Å². The summed E-state index contributed by atoms with van der Waals surface area (Å²) in [6, 6.07) is 4.41. The lowest BCUT2D eigenvalue weighted by Gasteiger charge is -2.16. The van der Waals surface area contributed by atoms with Crippen LogP contribution >= 0.6 is 11.3 Å². The molecule has 2 aromatic heterocycles. The van der Waals surface area contributed by atoms with Crippen molar-refractivity contribution in [3.05, 3.63) is 45.0 Å². The molecular weight excluding hydrogens is 280 g/mol. The third kappa shape index (κ3) is 4.70. The molecule has 0 amide bonds.